The zero-order valence-electron chi connectivity index (χ0n) is 79.3. The average Bonchev–Trinajstić information content (AvgIpc) is 1.67. The van der Waals surface area contributed by atoms with Crippen LogP contribution in [0.1, 0.15) is 333 Å². The summed E-state index contributed by atoms with van der Waals surface area (Å²) < 4.78 is 72.7. The maximum absolute atomic E-state index is 12.3. The number of anilines is 2. The molecule has 2 aliphatic carbocycles. The van der Waals surface area contributed by atoms with Crippen LogP contribution in [-0.2, 0) is 71.7 Å². The van der Waals surface area contributed by atoms with Gasteiger partial charge in [-0.25, -0.2) is 54.8 Å². The lowest BCUT2D eigenvalue weighted by molar-refractivity contribution is 0.112. The molecule has 0 bridgehead atoms. The van der Waals surface area contributed by atoms with Crippen molar-refractivity contribution in [3.8, 4) is 0 Å². The second-order valence-corrected chi connectivity index (χ2v) is 45.8. The van der Waals surface area contributed by atoms with Crippen molar-refractivity contribution in [1.29, 1.82) is 0 Å². The van der Waals surface area contributed by atoms with E-state index in [1.807, 2.05) is 123 Å². The number of nitrogens with zero attached hydrogens (tertiary/aromatic N) is 11. The smallest absolute Gasteiger partial charge is 0.339 e. The highest BCUT2D eigenvalue weighted by molar-refractivity contribution is 9.11. The molecular weight excluding hydrogens is 1850 g/mol. The van der Waals surface area contributed by atoms with Crippen LogP contribution in [0.4, 0.5) is 10.3 Å². The number of oxazole rings is 6. The van der Waals surface area contributed by atoms with Gasteiger partial charge in [-0.1, -0.05) is 186 Å². The molecule has 706 valence electrons. The van der Waals surface area contributed by atoms with Crippen LogP contribution in [0.15, 0.2) is 98.6 Å². The van der Waals surface area contributed by atoms with Crippen molar-refractivity contribution in [3.05, 3.63) is 176 Å². The molecular formula is C92H136BrClN14O13P2S5. The number of aryl methyl sites for hydroxylation is 2. The van der Waals surface area contributed by atoms with Crippen molar-refractivity contribution in [2.24, 2.45) is 5.73 Å². The minimum atomic E-state index is -3.14. The molecule has 128 heavy (non-hydrogen) atoms. The molecule has 13 rings (SSSR count). The minimum absolute atomic E-state index is 0.000164. The van der Waals surface area contributed by atoms with E-state index in [-0.39, 0.29) is 38.7 Å². The van der Waals surface area contributed by atoms with E-state index in [4.69, 9.17) is 72.2 Å². The number of hydrogen-bond donors (Lipinski definition) is 3. The Morgan fingerprint density at radius 2 is 0.766 bits per heavy atom. The van der Waals surface area contributed by atoms with Gasteiger partial charge in [0.15, 0.2) is 20.5 Å². The van der Waals surface area contributed by atoms with E-state index >= 15 is 0 Å². The Labute approximate surface area is 793 Å². The molecule has 0 aliphatic heterocycles. The fourth-order valence-corrected chi connectivity index (χ4v) is 17.0. The standard InChI is InChI=1S/C18H25N3OS.C13H16N2OS.C12H13BrN2OS.C12H15N3OS.C12H22NO4P.C8H12ClNO.C6H13N.C6H15O3P.C5H5NOS/c1-18(2,3)15-12-19-16(22-15)10-9-14-11-20-17(23-14)21-13-7-5-4-6-8-13;1-9-14-7-10(17-9)5-6-12-15-8-11(16-12)13(2,3)4;2*1-12(2,3)9-7-14-10(16-9)5-4-8-6-15-11(13)17-8;1-6-15-18(14,16-7-2)9-11-13-8-10(17-11)12(3,4)5;1-8(2,3)6-5-10-7(4-9)11-6;7-6-4-2-1-3-5-6;1-4-7-10(8-5-2)9-6-3;1-4-6-2-5(3-7)8-4/h9-13H,4-8H2,1-3H3,(H,20,21);5-8H,1-4H3;4-7H,1-3H3;4-7H,1-3H3,(H2,13,15);8H,6-7,9H2,1-5H3;5H,4H2,1-3H3;6H,1-5,7H2;4-6H2,1-3H3;2-3H,1H3/b10-9+;6-5+;2*5-4+;;;;;. The summed E-state index contributed by atoms with van der Waals surface area (Å²) in [7, 11) is -4.20. The monoisotopic (exact) mass is 1980 g/mol. The molecule has 0 radical (unpaired) electrons. The van der Waals surface area contributed by atoms with Gasteiger partial charge in [0.1, 0.15) is 40.7 Å². The summed E-state index contributed by atoms with van der Waals surface area (Å²) in [5.41, 5.74) is 11.0. The first kappa shape index (κ1) is 111. The van der Waals surface area contributed by atoms with Crippen LogP contribution in [0, 0.1) is 13.8 Å². The summed E-state index contributed by atoms with van der Waals surface area (Å²) in [6.07, 6.45) is 48.8. The molecule has 11 heterocycles. The zero-order valence-corrected chi connectivity index (χ0v) is 87.5. The first-order chi connectivity index (χ1) is 60.3. The molecule has 0 spiro atoms. The van der Waals surface area contributed by atoms with E-state index in [1.54, 1.807) is 97.4 Å². The van der Waals surface area contributed by atoms with Gasteiger partial charge in [-0.3, -0.25) is 9.36 Å². The molecule has 36 heteroatoms. The number of hydrogen-bond acceptors (Lipinski definition) is 32. The highest BCUT2D eigenvalue weighted by Crippen LogP contribution is 2.51. The summed E-state index contributed by atoms with van der Waals surface area (Å²) >= 11 is 16.6. The lowest BCUT2D eigenvalue weighted by Gasteiger charge is -2.22. The molecule has 0 atom stereocenters. The number of nitrogen functional groups attached to an aromatic ring is 1. The molecule has 0 unspecified atom stereocenters. The molecule has 2 fully saturated rings. The van der Waals surface area contributed by atoms with Crippen molar-refractivity contribution < 1.29 is 58.5 Å². The van der Waals surface area contributed by atoms with Gasteiger partial charge in [-0.15, -0.1) is 45.6 Å². The molecule has 2 aliphatic rings. The van der Waals surface area contributed by atoms with Gasteiger partial charge < -0.3 is 65.9 Å². The van der Waals surface area contributed by atoms with Crippen LogP contribution in [-0.4, -0.2) is 106 Å². The van der Waals surface area contributed by atoms with Crippen LogP contribution >= 0.6 is 100 Å². The van der Waals surface area contributed by atoms with Crippen LogP contribution in [0.2, 0.25) is 0 Å². The van der Waals surface area contributed by atoms with Crippen molar-refractivity contribution >= 4 is 166 Å². The molecule has 0 amide bonds. The molecule has 5 N–H and O–H groups in total. The van der Waals surface area contributed by atoms with Gasteiger partial charge in [0.05, 0.1) is 91.0 Å². The topological polar surface area (TPSA) is 365 Å². The van der Waals surface area contributed by atoms with E-state index in [0.29, 0.717) is 96.4 Å². The number of aromatic nitrogens is 11. The quantitative estimate of drug-likeness (QED) is 0.0287. The van der Waals surface area contributed by atoms with Crippen LogP contribution in [0.25, 0.3) is 48.6 Å². The summed E-state index contributed by atoms with van der Waals surface area (Å²) in [5.74, 6) is 9.05. The van der Waals surface area contributed by atoms with E-state index in [2.05, 4.69) is 180 Å². The predicted octanol–water partition coefficient (Wildman–Crippen LogP) is 28.1. The Kier molecular flexibility index (Phi) is 48.2. The second-order valence-electron chi connectivity index (χ2n) is 35.3. The normalized spacial score (nSPS) is 13.7. The van der Waals surface area contributed by atoms with Gasteiger partial charge in [-0.2, -0.15) is 0 Å². The van der Waals surface area contributed by atoms with Crippen molar-refractivity contribution in [1.82, 2.24) is 54.8 Å². The fraction of sp³-hybridized carbons (Fsp3) is 0.543. The number of halogens is 2. The maximum atomic E-state index is 12.3. The third-order valence-electron chi connectivity index (χ3n) is 17.5. The first-order valence-electron chi connectivity index (χ1n) is 43.0. The average molecular weight is 1980 g/mol. The highest BCUT2D eigenvalue weighted by Gasteiger charge is 2.30. The van der Waals surface area contributed by atoms with Gasteiger partial charge in [0.25, 0.3) is 0 Å². The van der Waals surface area contributed by atoms with Gasteiger partial charge in [0.2, 0.25) is 35.3 Å². The van der Waals surface area contributed by atoms with Gasteiger partial charge in [0, 0.05) is 119 Å². The lowest BCUT2D eigenvalue weighted by atomic mass is 9.94. The largest absolute Gasteiger partial charge is 0.444 e. The van der Waals surface area contributed by atoms with Crippen LogP contribution in [0.5, 0.6) is 0 Å². The Morgan fingerprint density at radius 3 is 1.06 bits per heavy atom. The lowest BCUT2D eigenvalue weighted by Crippen LogP contribution is -2.22. The van der Waals surface area contributed by atoms with Crippen molar-refractivity contribution in [3.63, 3.8) is 0 Å². The van der Waals surface area contributed by atoms with E-state index < -0.39 is 16.2 Å². The Balaban J connectivity index is 0.000000260. The van der Waals surface area contributed by atoms with E-state index in [9.17, 15) is 9.36 Å². The fourth-order valence-electron chi connectivity index (χ4n) is 10.6. The summed E-state index contributed by atoms with van der Waals surface area (Å²) in [4.78, 5) is 60.7. The van der Waals surface area contributed by atoms with Crippen LogP contribution in [0.3, 0.4) is 0 Å². The number of carbonyl (C=O) groups excluding carboxylic acids is 1. The Morgan fingerprint density at radius 1 is 0.430 bits per heavy atom. The van der Waals surface area contributed by atoms with E-state index in [1.165, 1.54) is 86.9 Å². The number of thiazole rings is 5. The van der Waals surface area contributed by atoms with Crippen molar-refractivity contribution in [2.45, 2.75) is 294 Å². The molecule has 11 aromatic rings. The molecule has 27 nitrogen and oxygen atoms in total. The minimum Gasteiger partial charge on any atom is -0.444 e. The highest BCUT2D eigenvalue weighted by atomic mass is 79.9. The summed E-state index contributed by atoms with van der Waals surface area (Å²) in [6, 6.07) is 1.13. The molecule has 2 saturated carbocycles. The number of nitrogens with two attached hydrogens (primary N) is 2. The zero-order chi connectivity index (χ0) is 94.9. The van der Waals surface area contributed by atoms with Crippen LogP contribution < -0.4 is 16.8 Å². The number of aldehydes is 1. The molecule has 0 aromatic carbocycles. The number of nitrogens with one attached hydrogen (secondary N) is 1. The number of alkyl halides is 1. The molecule has 0 saturated heterocycles. The second kappa shape index (κ2) is 55.4. The van der Waals surface area contributed by atoms with Gasteiger partial charge in [-0.05, 0) is 114 Å². The third kappa shape index (κ3) is 43.9. The summed E-state index contributed by atoms with van der Waals surface area (Å²) in [5, 5.41) is 7.13. The van der Waals surface area contributed by atoms with E-state index in [0.717, 1.165) is 79.4 Å². The van der Waals surface area contributed by atoms with Gasteiger partial charge >= 0.3 is 16.2 Å². The number of rotatable bonds is 24. The first-order valence-corrected chi connectivity index (χ1v) is 51.2. The SMILES string of the molecule is CC(C)(C)c1cnc(/C=C/c2cnc(Br)s2)o1.CC(C)(C)c1cnc(/C=C/c2cnc(N)s2)o1.CC(C)(C)c1cnc(/C=C/c2cnc(NC3CCCCC3)s2)o1.CC(C)(C)c1cnc(CCl)o1.CCOP(=O)(Cc1ncc(C(C)(C)C)o1)OCC.CCOP(OCC)OCC.Cc1ncc(/C=C/c2ncc(C(C)(C)C)o2)s1.Cc1ncc(C=O)s1.NC1CCCCC1. The predicted molar refractivity (Wildman–Crippen MR) is 532 cm³/mol. The number of carbonyl (C=O) groups is 1. The summed E-state index contributed by atoms with van der Waals surface area (Å²) in [6.45, 7) is 53.3. The maximum Gasteiger partial charge on any atom is 0.339 e. The van der Waals surface area contributed by atoms with Crippen molar-refractivity contribution in [2.75, 3.05) is 44.1 Å². The Bertz CT molecular complexity index is 4830. The Hall–Kier alpha value is -7.17. The third-order valence-corrected chi connectivity index (χ3v) is 26.0. The molecule has 11 aromatic heterocycles.